The summed E-state index contributed by atoms with van der Waals surface area (Å²) in [6.45, 7) is 0.728. The number of benzene rings is 1. The predicted octanol–water partition coefficient (Wildman–Crippen LogP) is 3.30. The molecule has 0 fully saturated rings. The van der Waals surface area contributed by atoms with E-state index in [0.717, 1.165) is 6.42 Å². The lowest BCUT2D eigenvalue weighted by Crippen LogP contribution is -2.15. The van der Waals surface area contributed by atoms with Crippen molar-refractivity contribution in [3.05, 3.63) is 46.2 Å². The van der Waals surface area contributed by atoms with E-state index >= 15 is 0 Å². The highest BCUT2D eigenvalue weighted by molar-refractivity contribution is 7.12. The molecule has 0 saturated carbocycles. The molecule has 0 spiro atoms. The van der Waals surface area contributed by atoms with Crippen LogP contribution in [0.15, 0.2) is 35.7 Å². The maximum Gasteiger partial charge on any atom is 0.306 e. The van der Waals surface area contributed by atoms with Crippen LogP contribution < -0.4 is 9.47 Å². The Hall–Kier alpha value is -2.67. The van der Waals surface area contributed by atoms with Gasteiger partial charge in [0, 0.05) is 18.4 Å². The maximum absolute atomic E-state index is 12.2. The molecule has 0 atom stereocenters. The molecular formula is C19H18O6S. The molecule has 26 heavy (non-hydrogen) atoms. The third-order valence-electron chi connectivity index (χ3n) is 3.79. The van der Waals surface area contributed by atoms with E-state index in [1.165, 1.54) is 11.3 Å². The third kappa shape index (κ3) is 4.70. The molecule has 7 heteroatoms. The molecule has 1 aliphatic rings. The van der Waals surface area contributed by atoms with Gasteiger partial charge in [0.15, 0.2) is 29.7 Å². The van der Waals surface area contributed by atoms with Gasteiger partial charge in [-0.3, -0.25) is 14.4 Å². The predicted molar refractivity (Wildman–Crippen MR) is 95.2 cm³/mol. The summed E-state index contributed by atoms with van der Waals surface area (Å²) in [5.41, 5.74) is 0.386. The summed E-state index contributed by atoms with van der Waals surface area (Å²) in [5.74, 6) is 0.103. The number of carbonyl (C=O) groups is 3. The van der Waals surface area contributed by atoms with Crippen molar-refractivity contribution in [2.45, 2.75) is 19.3 Å². The van der Waals surface area contributed by atoms with Crippen molar-refractivity contribution in [1.29, 1.82) is 0 Å². The molecule has 2 heterocycles. The summed E-state index contributed by atoms with van der Waals surface area (Å²) in [6.07, 6.45) is 0.794. The standard InChI is InChI=1S/C19H18O6S/c20-14(18-3-1-10-26-18)5-7-19(22)25-12-15(21)13-4-6-16-17(11-13)24-9-2-8-23-16/h1,3-4,6,10-11H,2,5,7-9,12H2. The average molecular weight is 374 g/mol. The molecule has 1 aliphatic heterocycles. The van der Waals surface area contributed by atoms with Gasteiger partial charge in [0.25, 0.3) is 0 Å². The van der Waals surface area contributed by atoms with Gasteiger partial charge in [0.1, 0.15) is 0 Å². The fraction of sp³-hybridized carbons (Fsp3) is 0.316. The van der Waals surface area contributed by atoms with Crippen molar-refractivity contribution in [2.75, 3.05) is 19.8 Å². The maximum atomic E-state index is 12.2. The van der Waals surface area contributed by atoms with E-state index in [2.05, 4.69) is 0 Å². The molecule has 0 unspecified atom stereocenters. The summed E-state index contributed by atoms with van der Waals surface area (Å²) < 4.78 is 16.0. The molecular weight excluding hydrogens is 356 g/mol. The number of hydrogen-bond donors (Lipinski definition) is 0. The molecule has 3 rings (SSSR count). The molecule has 0 radical (unpaired) electrons. The number of fused-ring (bicyclic) bond motifs is 1. The lowest BCUT2D eigenvalue weighted by atomic mass is 10.1. The van der Waals surface area contributed by atoms with Crippen LogP contribution in [0.4, 0.5) is 0 Å². The minimum Gasteiger partial charge on any atom is -0.490 e. The molecule has 1 aromatic carbocycles. The normalized spacial score (nSPS) is 12.9. The summed E-state index contributed by atoms with van der Waals surface area (Å²) in [7, 11) is 0. The van der Waals surface area contributed by atoms with Crippen LogP contribution in [0.25, 0.3) is 0 Å². The van der Waals surface area contributed by atoms with Crippen molar-refractivity contribution in [3.63, 3.8) is 0 Å². The summed E-state index contributed by atoms with van der Waals surface area (Å²) in [4.78, 5) is 36.4. The first-order valence-corrected chi connectivity index (χ1v) is 9.16. The van der Waals surface area contributed by atoms with E-state index in [4.69, 9.17) is 14.2 Å². The lowest BCUT2D eigenvalue weighted by molar-refractivity contribution is -0.142. The van der Waals surface area contributed by atoms with Gasteiger partial charge in [0.05, 0.1) is 24.5 Å². The number of carbonyl (C=O) groups excluding carboxylic acids is 3. The fourth-order valence-electron chi connectivity index (χ4n) is 2.41. The number of hydrogen-bond acceptors (Lipinski definition) is 7. The molecule has 1 aromatic heterocycles. The topological polar surface area (TPSA) is 78.9 Å². The fourth-order valence-corrected chi connectivity index (χ4v) is 3.11. The van der Waals surface area contributed by atoms with Crippen LogP contribution in [0, 0.1) is 0 Å². The van der Waals surface area contributed by atoms with Crippen LogP contribution >= 0.6 is 11.3 Å². The van der Waals surface area contributed by atoms with Crippen molar-refractivity contribution in [1.82, 2.24) is 0 Å². The van der Waals surface area contributed by atoms with E-state index in [0.29, 0.717) is 35.2 Å². The zero-order valence-corrected chi connectivity index (χ0v) is 14.9. The largest absolute Gasteiger partial charge is 0.490 e. The zero-order valence-electron chi connectivity index (χ0n) is 14.1. The van der Waals surface area contributed by atoms with Crippen molar-refractivity contribution < 1.29 is 28.6 Å². The Balaban J connectivity index is 1.48. The Bertz CT molecular complexity index is 796. The Labute approximate surface area is 154 Å². The molecule has 2 aromatic rings. The smallest absolute Gasteiger partial charge is 0.306 e. The molecule has 0 saturated heterocycles. The summed E-state index contributed by atoms with van der Waals surface area (Å²) >= 11 is 1.33. The van der Waals surface area contributed by atoms with Crippen LogP contribution in [0.5, 0.6) is 11.5 Å². The van der Waals surface area contributed by atoms with Gasteiger partial charge in [-0.2, -0.15) is 0 Å². The Kier molecular flexibility index (Phi) is 6.01. The number of rotatable bonds is 7. The Morgan fingerprint density at radius 3 is 2.58 bits per heavy atom. The Morgan fingerprint density at radius 2 is 1.81 bits per heavy atom. The number of thiophene rings is 1. The number of ketones is 2. The van der Waals surface area contributed by atoms with E-state index in [1.807, 2.05) is 0 Å². The van der Waals surface area contributed by atoms with E-state index in [1.54, 1.807) is 35.7 Å². The highest BCUT2D eigenvalue weighted by atomic mass is 32.1. The van der Waals surface area contributed by atoms with Gasteiger partial charge >= 0.3 is 5.97 Å². The van der Waals surface area contributed by atoms with Crippen molar-refractivity contribution >= 4 is 28.9 Å². The molecule has 0 N–H and O–H groups in total. The summed E-state index contributed by atoms with van der Waals surface area (Å²) in [6, 6.07) is 8.38. The van der Waals surface area contributed by atoms with E-state index < -0.39 is 5.97 Å². The zero-order chi connectivity index (χ0) is 18.4. The number of esters is 1. The minimum absolute atomic E-state index is 0.0504. The SMILES string of the molecule is O=C(CCC(=O)c1cccs1)OCC(=O)c1ccc2c(c1)OCCCO2. The molecule has 0 amide bonds. The van der Waals surface area contributed by atoms with Gasteiger partial charge in [-0.15, -0.1) is 11.3 Å². The number of Topliss-reactive ketones (excluding diaryl/α,β-unsaturated/α-hetero) is 2. The molecule has 6 nitrogen and oxygen atoms in total. The van der Waals surface area contributed by atoms with Gasteiger partial charge in [-0.05, 0) is 29.6 Å². The van der Waals surface area contributed by atoms with Crippen molar-refractivity contribution in [3.8, 4) is 11.5 Å². The van der Waals surface area contributed by atoms with Crippen LogP contribution in [0.3, 0.4) is 0 Å². The Morgan fingerprint density at radius 1 is 1.00 bits per heavy atom. The van der Waals surface area contributed by atoms with Crippen LogP contribution in [-0.4, -0.2) is 37.4 Å². The molecule has 0 aliphatic carbocycles. The summed E-state index contributed by atoms with van der Waals surface area (Å²) in [5, 5.41) is 1.81. The van der Waals surface area contributed by atoms with Crippen LogP contribution in [0.2, 0.25) is 0 Å². The van der Waals surface area contributed by atoms with E-state index in [-0.39, 0.29) is 31.0 Å². The third-order valence-corrected chi connectivity index (χ3v) is 4.70. The van der Waals surface area contributed by atoms with Crippen molar-refractivity contribution in [2.24, 2.45) is 0 Å². The monoisotopic (exact) mass is 374 g/mol. The highest BCUT2D eigenvalue weighted by Gasteiger charge is 2.16. The quantitative estimate of drug-likeness (QED) is 0.547. The van der Waals surface area contributed by atoms with Gasteiger partial charge in [-0.1, -0.05) is 6.07 Å². The highest BCUT2D eigenvalue weighted by Crippen LogP contribution is 2.30. The van der Waals surface area contributed by atoms with Gasteiger partial charge in [-0.25, -0.2) is 0 Å². The molecule has 0 bridgehead atoms. The first-order valence-electron chi connectivity index (χ1n) is 8.28. The minimum atomic E-state index is -0.572. The second-order valence-corrected chi connectivity index (χ2v) is 6.64. The van der Waals surface area contributed by atoms with E-state index in [9.17, 15) is 14.4 Å². The van der Waals surface area contributed by atoms with Gasteiger partial charge < -0.3 is 14.2 Å². The second kappa shape index (κ2) is 8.62. The lowest BCUT2D eigenvalue weighted by Gasteiger charge is -2.09. The average Bonchev–Trinajstić information content (AvgIpc) is 3.09. The molecule has 136 valence electrons. The first-order chi connectivity index (χ1) is 12.6. The number of ether oxygens (including phenoxy) is 3. The second-order valence-electron chi connectivity index (χ2n) is 5.70. The van der Waals surface area contributed by atoms with Gasteiger partial charge in [0.2, 0.25) is 0 Å². The first kappa shape index (κ1) is 18.1. The van der Waals surface area contributed by atoms with Crippen LogP contribution in [0.1, 0.15) is 39.3 Å². The van der Waals surface area contributed by atoms with Crippen LogP contribution in [-0.2, 0) is 9.53 Å².